The summed E-state index contributed by atoms with van der Waals surface area (Å²) in [5.41, 5.74) is 2.87. The first-order valence-electron chi connectivity index (χ1n) is 12.8. The fourth-order valence-corrected chi connectivity index (χ4v) is 5.53. The van der Waals surface area contributed by atoms with Gasteiger partial charge in [-0.2, -0.15) is 4.98 Å². The van der Waals surface area contributed by atoms with E-state index < -0.39 is 6.23 Å². The van der Waals surface area contributed by atoms with Crippen LogP contribution < -0.4 is 14.4 Å². The van der Waals surface area contributed by atoms with Crippen LogP contribution in [0, 0.1) is 0 Å². The summed E-state index contributed by atoms with van der Waals surface area (Å²) in [5, 5.41) is 9.44. The Balaban J connectivity index is 1.49. The number of carbonyl (C=O) groups is 1. The number of anilines is 1. The number of hydrogen-bond acceptors (Lipinski definition) is 7. The van der Waals surface area contributed by atoms with Crippen LogP contribution in [0.5, 0.6) is 11.6 Å². The molecule has 2 aromatic carbocycles. The summed E-state index contributed by atoms with van der Waals surface area (Å²) < 4.78 is 12.6. The van der Waals surface area contributed by atoms with Crippen LogP contribution in [0.25, 0.3) is 11.3 Å². The molecule has 0 saturated heterocycles. The maximum Gasteiger partial charge on any atom is 0.247 e. The first kappa shape index (κ1) is 24.6. The number of amides is 1. The molecular formula is C28H32N4O3S. The molecule has 0 spiro atoms. The second-order valence-electron chi connectivity index (χ2n) is 9.27. The number of rotatable bonds is 8. The summed E-state index contributed by atoms with van der Waals surface area (Å²) in [4.78, 5) is 19.4. The van der Waals surface area contributed by atoms with Crippen molar-refractivity contribution < 1.29 is 14.3 Å². The van der Waals surface area contributed by atoms with Gasteiger partial charge in [0.2, 0.25) is 23.2 Å². The van der Waals surface area contributed by atoms with Gasteiger partial charge >= 0.3 is 0 Å². The molecule has 0 N–H and O–H groups in total. The molecule has 3 aromatic rings. The van der Waals surface area contributed by atoms with Crippen molar-refractivity contribution in [2.75, 3.05) is 10.7 Å². The van der Waals surface area contributed by atoms with Crippen molar-refractivity contribution in [2.45, 2.75) is 76.3 Å². The molecule has 188 valence electrons. The van der Waals surface area contributed by atoms with Crippen LogP contribution in [0.2, 0.25) is 0 Å². The molecule has 0 unspecified atom stereocenters. The molecule has 5 rings (SSSR count). The van der Waals surface area contributed by atoms with E-state index in [-0.39, 0.29) is 12.0 Å². The van der Waals surface area contributed by atoms with Crippen LogP contribution in [0.15, 0.2) is 53.7 Å². The molecule has 1 saturated carbocycles. The highest BCUT2D eigenvalue weighted by Crippen LogP contribution is 2.43. The third-order valence-corrected chi connectivity index (χ3v) is 7.52. The van der Waals surface area contributed by atoms with Crippen LogP contribution in [0.4, 0.5) is 5.69 Å². The number of hydrogen-bond donors (Lipinski definition) is 0. The first-order valence-corrected chi connectivity index (χ1v) is 13.8. The molecule has 2 heterocycles. The molecule has 1 amide bonds. The smallest absolute Gasteiger partial charge is 0.247 e. The van der Waals surface area contributed by atoms with Crippen molar-refractivity contribution in [1.29, 1.82) is 0 Å². The minimum absolute atomic E-state index is 0.131. The topological polar surface area (TPSA) is 77.4 Å². The molecule has 0 radical (unpaired) electrons. The van der Waals surface area contributed by atoms with Gasteiger partial charge in [0.05, 0.1) is 11.8 Å². The number of nitrogens with zero attached hydrogens (tertiary/aromatic N) is 4. The lowest BCUT2D eigenvalue weighted by molar-refractivity contribution is -0.118. The van der Waals surface area contributed by atoms with E-state index in [1.807, 2.05) is 48.5 Å². The van der Waals surface area contributed by atoms with E-state index in [1.165, 1.54) is 19.3 Å². The van der Waals surface area contributed by atoms with Crippen LogP contribution in [0.3, 0.4) is 0 Å². The Morgan fingerprint density at radius 1 is 1.08 bits per heavy atom. The average Bonchev–Trinajstić information content (AvgIpc) is 3.35. The second-order valence-corrected chi connectivity index (χ2v) is 10.3. The lowest BCUT2D eigenvalue weighted by Gasteiger charge is -2.30. The van der Waals surface area contributed by atoms with E-state index in [0.29, 0.717) is 16.7 Å². The van der Waals surface area contributed by atoms with E-state index in [4.69, 9.17) is 14.5 Å². The summed E-state index contributed by atoms with van der Waals surface area (Å²) in [6.07, 6.45) is 7.67. The van der Waals surface area contributed by atoms with E-state index in [0.717, 1.165) is 54.0 Å². The molecule has 1 atom stereocenters. The normalized spacial score (nSPS) is 17.2. The lowest BCUT2D eigenvalue weighted by Crippen LogP contribution is -2.36. The van der Waals surface area contributed by atoms with Crippen LogP contribution in [-0.2, 0) is 4.79 Å². The van der Waals surface area contributed by atoms with Gasteiger partial charge in [-0.15, -0.1) is 10.2 Å². The summed E-state index contributed by atoms with van der Waals surface area (Å²) in [7, 11) is 0. The van der Waals surface area contributed by atoms with Crippen molar-refractivity contribution >= 4 is 23.4 Å². The monoisotopic (exact) mass is 504 g/mol. The maximum atomic E-state index is 13.0. The molecular weight excluding hydrogens is 472 g/mol. The average molecular weight is 505 g/mol. The van der Waals surface area contributed by atoms with E-state index >= 15 is 0 Å². The van der Waals surface area contributed by atoms with E-state index in [2.05, 4.69) is 17.1 Å². The van der Waals surface area contributed by atoms with Crippen molar-refractivity contribution in [3.63, 3.8) is 0 Å². The second kappa shape index (κ2) is 11.3. The van der Waals surface area contributed by atoms with Gasteiger partial charge in [0.1, 0.15) is 5.75 Å². The maximum absolute atomic E-state index is 13.0. The van der Waals surface area contributed by atoms with Crippen molar-refractivity contribution in [3.05, 3.63) is 54.1 Å². The largest absolute Gasteiger partial charge is 0.490 e. The number of thioether (sulfide) groups is 1. The van der Waals surface area contributed by atoms with Gasteiger partial charge in [-0.05, 0) is 62.4 Å². The molecule has 1 aliphatic heterocycles. The van der Waals surface area contributed by atoms with Gasteiger partial charge in [0.25, 0.3) is 0 Å². The Morgan fingerprint density at radius 2 is 1.86 bits per heavy atom. The number of carbonyl (C=O) groups excluding carboxylic acids is 1. The molecule has 1 fully saturated rings. The van der Waals surface area contributed by atoms with Crippen LogP contribution in [0.1, 0.15) is 70.6 Å². The zero-order valence-corrected chi connectivity index (χ0v) is 21.7. The summed E-state index contributed by atoms with van der Waals surface area (Å²) in [6.45, 7) is 3.74. The predicted molar refractivity (Wildman–Crippen MR) is 141 cm³/mol. The van der Waals surface area contributed by atoms with Crippen molar-refractivity contribution in [3.8, 4) is 22.9 Å². The third kappa shape index (κ3) is 5.33. The Bertz CT molecular complexity index is 1200. The summed E-state index contributed by atoms with van der Waals surface area (Å²) in [6, 6.07) is 15.5. The van der Waals surface area contributed by atoms with E-state index in [1.54, 1.807) is 23.6 Å². The first-order chi connectivity index (χ1) is 17.6. The number of para-hydroxylation sites is 1. The third-order valence-electron chi connectivity index (χ3n) is 6.60. The Labute approximate surface area is 216 Å². The summed E-state index contributed by atoms with van der Waals surface area (Å²) >= 11 is 1.58. The van der Waals surface area contributed by atoms with Crippen LogP contribution >= 0.6 is 11.8 Å². The number of fused-ring (bicyclic) bond motifs is 3. The Hall–Kier alpha value is -3.13. The zero-order valence-electron chi connectivity index (χ0n) is 20.9. The lowest BCUT2D eigenvalue weighted by atomic mass is 10.1. The zero-order chi connectivity index (χ0) is 24.9. The van der Waals surface area contributed by atoms with Gasteiger partial charge in [-0.3, -0.25) is 9.69 Å². The van der Waals surface area contributed by atoms with E-state index in [9.17, 15) is 4.79 Å². The SMILES string of the molecule is CCCCCSc1nnc2c(n1)O[C@H](c1ccc(OC3CCCC3)cc1)N(C(C)=O)c1ccccc1-2. The minimum atomic E-state index is -0.694. The quantitative estimate of drug-likeness (QED) is 0.253. The molecule has 2 aliphatic rings. The number of benzene rings is 2. The Kier molecular flexibility index (Phi) is 7.70. The molecule has 1 aromatic heterocycles. The highest BCUT2D eigenvalue weighted by atomic mass is 32.2. The summed E-state index contributed by atoms with van der Waals surface area (Å²) in [5.74, 6) is 2.02. The van der Waals surface area contributed by atoms with Crippen LogP contribution in [-0.4, -0.2) is 32.9 Å². The van der Waals surface area contributed by atoms with Crippen molar-refractivity contribution in [1.82, 2.24) is 15.2 Å². The molecule has 8 heteroatoms. The van der Waals surface area contributed by atoms with Gasteiger partial charge in [-0.1, -0.05) is 49.7 Å². The number of aromatic nitrogens is 3. The minimum Gasteiger partial charge on any atom is -0.490 e. The highest BCUT2D eigenvalue weighted by Gasteiger charge is 2.34. The molecule has 7 nitrogen and oxygen atoms in total. The van der Waals surface area contributed by atoms with Gasteiger partial charge in [0, 0.05) is 23.8 Å². The van der Waals surface area contributed by atoms with Gasteiger partial charge in [-0.25, -0.2) is 0 Å². The number of unbranched alkanes of at least 4 members (excludes halogenated alkanes) is 2. The van der Waals surface area contributed by atoms with Crippen molar-refractivity contribution in [2.24, 2.45) is 0 Å². The standard InChI is InChI=1S/C28H32N4O3S/c1-3-4-9-18-36-28-29-26-25(30-31-28)23-12-7-8-13-24(23)32(19(2)33)27(35-26)20-14-16-22(17-15-20)34-21-10-5-6-11-21/h7-8,12-17,21,27H,3-6,9-11,18H2,1-2H3/t27-/m1/s1. The predicted octanol–water partition coefficient (Wildman–Crippen LogP) is 6.59. The number of ether oxygens (including phenoxy) is 2. The Morgan fingerprint density at radius 3 is 2.61 bits per heavy atom. The fraction of sp³-hybridized carbons (Fsp3) is 0.429. The van der Waals surface area contributed by atoms with Gasteiger partial charge < -0.3 is 9.47 Å². The molecule has 36 heavy (non-hydrogen) atoms. The highest BCUT2D eigenvalue weighted by molar-refractivity contribution is 7.99. The molecule has 1 aliphatic carbocycles. The van der Waals surface area contributed by atoms with Gasteiger partial charge in [0.15, 0.2) is 5.69 Å². The fourth-order valence-electron chi connectivity index (χ4n) is 4.76. The molecule has 0 bridgehead atoms.